The zero-order valence-electron chi connectivity index (χ0n) is 9.87. The summed E-state index contributed by atoms with van der Waals surface area (Å²) in [6, 6.07) is -0.0515. The van der Waals surface area contributed by atoms with Crippen molar-refractivity contribution in [3.63, 3.8) is 0 Å². The number of rotatable bonds is 4. The molecule has 0 saturated carbocycles. The third-order valence-electron chi connectivity index (χ3n) is 2.82. The number of amides is 2. The van der Waals surface area contributed by atoms with Crippen LogP contribution in [-0.2, 0) is 14.4 Å². The molecule has 0 radical (unpaired) electrons. The lowest BCUT2D eigenvalue weighted by atomic mass is 10.1. The summed E-state index contributed by atoms with van der Waals surface area (Å²) in [6.07, 6.45) is 1.17. The minimum atomic E-state index is -1.10. The third kappa shape index (κ3) is 3.58. The Morgan fingerprint density at radius 1 is 1.41 bits per heavy atom. The summed E-state index contributed by atoms with van der Waals surface area (Å²) >= 11 is 0. The lowest BCUT2D eigenvalue weighted by Gasteiger charge is -2.12. The monoisotopic (exact) mass is 240 g/mol. The van der Waals surface area contributed by atoms with Crippen LogP contribution in [0.4, 0.5) is 0 Å². The molecular weight excluding hydrogens is 224 g/mol. The van der Waals surface area contributed by atoms with E-state index >= 15 is 0 Å². The summed E-state index contributed by atoms with van der Waals surface area (Å²) in [6.45, 7) is 3.18. The van der Waals surface area contributed by atoms with Crippen LogP contribution in [0.2, 0.25) is 0 Å². The summed E-state index contributed by atoms with van der Waals surface area (Å²) in [4.78, 5) is 33.2. The van der Waals surface area contributed by atoms with E-state index in [2.05, 4.69) is 10.6 Å². The van der Waals surface area contributed by atoms with Crippen LogP contribution in [0, 0.1) is 0 Å². The standard InChI is InChI=1S/C11H16N2O4/c1-6(7(2)11(16)17)10(15)12-5-8-3-4-9(14)13-8/h8H,3-5H2,1-2H3,(H,12,15)(H,13,14)(H,16,17). The van der Waals surface area contributed by atoms with Crippen LogP contribution in [0.3, 0.4) is 0 Å². The molecule has 3 N–H and O–H groups in total. The predicted octanol–water partition coefficient (Wildman–Crippen LogP) is -0.198. The van der Waals surface area contributed by atoms with Crippen molar-refractivity contribution in [2.75, 3.05) is 6.54 Å². The molecule has 1 unspecified atom stereocenters. The molecule has 0 aromatic rings. The molecule has 1 aliphatic rings. The smallest absolute Gasteiger partial charge is 0.331 e. The molecular formula is C11H16N2O4. The van der Waals surface area contributed by atoms with E-state index in [0.29, 0.717) is 19.4 Å². The van der Waals surface area contributed by atoms with E-state index < -0.39 is 11.9 Å². The first kappa shape index (κ1) is 13.2. The van der Waals surface area contributed by atoms with Crippen LogP contribution in [0.15, 0.2) is 11.1 Å². The molecule has 0 aromatic heterocycles. The van der Waals surface area contributed by atoms with E-state index in [4.69, 9.17) is 5.11 Å². The lowest BCUT2D eigenvalue weighted by molar-refractivity contribution is -0.133. The van der Waals surface area contributed by atoms with Gasteiger partial charge in [0, 0.05) is 30.2 Å². The molecule has 6 heteroatoms. The number of aliphatic carboxylic acids is 1. The van der Waals surface area contributed by atoms with E-state index in [0.717, 1.165) is 0 Å². The van der Waals surface area contributed by atoms with E-state index in [1.165, 1.54) is 13.8 Å². The highest BCUT2D eigenvalue weighted by atomic mass is 16.4. The van der Waals surface area contributed by atoms with Crippen LogP contribution in [-0.4, -0.2) is 35.5 Å². The Bertz CT molecular complexity index is 387. The predicted molar refractivity (Wildman–Crippen MR) is 60.2 cm³/mol. The Balaban J connectivity index is 2.47. The number of carbonyl (C=O) groups is 3. The van der Waals surface area contributed by atoms with Crippen LogP contribution >= 0.6 is 0 Å². The second kappa shape index (κ2) is 5.47. The van der Waals surface area contributed by atoms with Crippen molar-refractivity contribution in [2.45, 2.75) is 32.7 Å². The van der Waals surface area contributed by atoms with Gasteiger partial charge in [0.15, 0.2) is 0 Å². The molecule has 1 aliphatic heterocycles. The van der Waals surface area contributed by atoms with Gasteiger partial charge in [-0.25, -0.2) is 4.79 Å². The van der Waals surface area contributed by atoms with Gasteiger partial charge in [-0.1, -0.05) is 0 Å². The van der Waals surface area contributed by atoms with Crippen molar-refractivity contribution in [2.24, 2.45) is 0 Å². The fourth-order valence-electron chi connectivity index (χ4n) is 1.51. The molecule has 1 heterocycles. The maximum Gasteiger partial charge on any atom is 0.331 e. The lowest BCUT2D eigenvalue weighted by Crippen LogP contribution is -2.39. The summed E-state index contributed by atoms with van der Waals surface area (Å²) in [7, 11) is 0. The first-order valence-corrected chi connectivity index (χ1v) is 5.40. The van der Waals surface area contributed by atoms with Gasteiger partial charge < -0.3 is 15.7 Å². The summed E-state index contributed by atoms with van der Waals surface area (Å²) in [5, 5.41) is 14.0. The topological polar surface area (TPSA) is 95.5 Å². The number of nitrogens with one attached hydrogen (secondary N) is 2. The Hall–Kier alpha value is -1.85. The molecule has 94 valence electrons. The zero-order chi connectivity index (χ0) is 13.0. The summed E-state index contributed by atoms with van der Waals surface area (Å²) in [5.41, 5.74) is 0.208. The molecule has 0 spiro atoms. The van der Waals surface area contributed by atoms with Gasteiger partial charge in [-0.05, 0) is 20.3 Å². The Morgan fingerprint density at radius 2 is 2.06 bits per heavy atom. The number of hydrogen-bond acceptors (Lipinski definition) is 3. The van der Waals surface area contributed by atoms with Crippen molar-refractivity contribution in [1.29, 1.82) is 0 Å². The second-order valence-corrected chi connectivity index (χ2v) is 4.07. The molecule has 0 bridgehead atoms. The van der Waals surface area contributed by atoms with Gasteiger partial charge in [-0.3, -0.25) is 9.59 Å². The van der Waals surface area contributed by atoms with Crippen molar-refractivity contribution in [3.8, 4) is 0 Å². The highest BCUT2D eigenvalue weighted by molar-refractivity contribution is 6.01. The minimum Gasteiger partial charge on any atom is -0.478 e. The first-order valence-electron chi connectivity index (χ1n) is 5.40. The maximum absolute atomic E-state index is 11.6. The van der Waals surface area contributed by atoms with Crippen molar-refractivity contribution < 1.29 is 19.5 Å². The molecule has 1 rings (SSSR count). The van der Waals surface area contributed by atoms with Gasteiger partial charge in [-0.2, -0.15) is 0 Å². The SMILES string of the molecule is CC(C(=O)O)=C(C)C(=O)NCC1CCC(=O)N1. The molecule has 1 saturated heterocycles. The highest BCUT2D eigenvalue weighted by Crippen LogP contribution is 2.07. The van der Waals surface area contributed by atoms with Gasteiger partial charge in [-0.15, -0.1) is 0 Å². The maximum atomic E-state index is 11.6. The number of carboxylic acids is 1. The number of carboxylic acid groups (broad SMARTS) is 1. The van der Waals surface area contributed by atoms with Crippen LogP contribution in [0.5, 0.6) is 0 Å². The Kier molecular flexibility index (Phi) is 4.25. The summed E-state index contributed by atoms with van der Waals surface area (Å²) < 4.78 is 0. The van der Waals surface area contributed by atoms with Crippen molar-refractivity contribution in [1.82, 2.24) is 10.6 Å². The zero-order valence-corrected chi connectivity index (χ0v) is 9.87. The second-order valence-electron chi connectivity index (χ2n) is 4.07. The van der Waals surface area contributed by atoms with Crippen LogP contribution < -0.4 is 10.6 Å². The van der Waals surface area contributed by atoms with Crippen LogP contribution in [0.25, 0.3) is 0 Å². The largest absolute Gasteiger partial charge is 0.478 e. The van der Waals surface area contributed by atoms with E-state index in [-0.39, 0.29) is 23.1 Å². The molecule has 6 nitrogen and oxygen atoms in total. The summed E-state index contributed by atoms with van der Waals surface area (Å²) in [5.74, 6) is -1.53. The van der Waals surface area contributed by atoms with Crippen molar-refractivity contribution in [3.05, 3.63) is 11.1 Å². The molecule has 1 atom stereocenters. The van der Waals surface area contributed by atoms with Gasteiger partial charge >= 0.3 is 5.97 Å². The van der Waals surface area contributed by atoms with Gasteiger partial charge in [0.1, 0.15) is 0 Å². The first-order chi connectivity index (χ1) is 7.91. The Morgan fingerprint density at radius 3 is 2.53 bits per heavy atom. The average molecular weight is 240 g/mol. The Labute approximate surface area is 99.1 Å². The van der Waals surface area contributed by atoms with E-state index in [9.17, 15) is 14.4 Å². The normalized spacial score (nSPS) is 20.6. The van der Waals surface area contributed by atoms with Gasteiger partial charge in [0.05, 0.1) is 0 Å². The minimum absolute atomic E-state index is 0.0155. The van der Waals surface area contributed by atoms with Gasteiger partial charge in [0.2, 0.25) is 11.8 Å². The number of hydrogen-bond donors (Lipinski definition) is 3. The third-order valence-corrected chi connectivity index (χ3v) is 2.82. The number of carbonyl (C=O) groups excluding carboxylic acids is 2. The fourth-order valence-corrected chi connectivity index (χ4v) is 1.51. The van der Waals surface area contributed by atoms with Crippen LogP contribution in [0.1, 0.15) is 26.7 Å². The van der Waals surface area contributed by atoms with E-state index in [1.54, 1.807) is 0 Å². The molecule has 1 fully saturated rings. The van der Waals surface area contributed by atoms with Crippen molar-refractivity contribution >= 4 is 17.8 Å². The molecule has 0 aliphatic carbocycles. The van der Waals surface area contributed by atoms with Gasteiger partial charge in [0.25, 0.3) is 0 Å². The molecule has 2 amide bonds. The quantitative estimate of drug-likeness (QED) is 0.593. The highest BCUT2D eigenvalue weighted by Gasteiger charge is 2.21. The van der Waals surface area contributed by atoms with E-state index in [1.807, 2.05) is 0 Å². The fraction of sp³-hybridized carbons (Fsp3) is 0.545. The average Bonchev–Trinajstić information content (AvgIpc) is 2.69. The molecule has 0 aromatic carbocycles. The molecule has 17 heavy (non-hydrogen) atoms.